The third kappa shape index (κ3) is 4.21. The number of nitrogens with two attached hydrogens (primary N) is 1. The van der Waals surface area contributed by atoms with Gasteiger partial charge in [-0.2, -0.15) is 26.3 Å². The predicted octanol–water partition coefficient (Wildman–Crippen LogP) is 5.68. The number of ether oxygens (including phenoxy) is 1. The molecule has 0 saturated heterocycles. The lowest BCUT2D eigenvalue weighted by Gasteiger charge is -2.28. The van der Waals surface area contributed by atoms with Gasteiger partial charge in [0, 0.05) is 12.1 Å². The first-order chi connectivity index (χ1) is 12.1. The maximum Gasteiger partial charge on any atom is 0.417 e. The van der Waals surface area contributed by atoms with Crippen LogP contribution in [0.5, 0.6) is 5.75 Å². The molecule has 0 unspecified atom stereocenters. The molecule has 0 aromatic heterocycles. The summed E-state index contributed by atoms with van der Waals surface area (Å²) in [5.41, 5.74) is 3.37. The van der Waals surface area contributed by atoms with Gasteiger partial charge in [0.05, 0.1) is 11.1 Å². The zero-order valence-corrected chi connectivity index (χ0v) is 13.4. The van der Waals surface area contributed by atoms with E-state index in [0.717, 1.165) is 0 Å². The van der Waals surface area contributed by atoms with Crippen molar-refractivity contribution in [3.05, 3.63) is 53.1 Å². The van der Waals surface area contributed by atoms with Gasteiger partial charge in [0.2, 0.25) is 0 Å². The summed E-state index contributed by atoms with van der Waals surface area (Å²) < 4.78 is 85.0. The summed E-state index contributed by atoms with van der Waals surface area (Å²) in [6.07, 6.45) is -8.81. The fourth-order valence-electron chi connectivity index (χ4n) is 3.03. The summed E-state index contributed by atoms with van der Waals surface area (Å²) in [5.74, 6) is 0.166. The molecule has 3 rings (SSSR count). The minimum absolute atomic E-state index is 0. The van der Waals surface area contributed by atoms with Crippen molar-refractivity contribution in [1.29, 1.82) is 0 Å². The molecule has 0 saturated carbocycles. The van der Waals surface area contributed by atoms with Crippen LogP contribution in [0.1, 0.15) is 30.5 Å². The second-order valence-corrected chi connectivity index (χ2v) is 6.06. The SMILES string of the molecule is C.NC[C@H]1CCc2cccc(-c3cc(C(F)(F)F)ccc3C(F)(F)F)c2O1. The van der Waals surface area contributed by atoms with Crippen molar-refractivity contribution in [1.82, 2.24) is 0 Å². The summed E-state index contributed by atoms with van der Waals surface area (Å²) in [5, 5.41) is 0. The molecule has 0 aliphatic carbocycles. The summed E-state index contributed by atoms with van der Waals surface area (Å²) in [4.78, 5) is 0. The first-order valence-corrected chi connectivity index (χ1v) is 7.88. The molecule has 1 aliphatic rings. The summed E-state index contributed by atoms with van der Waals surface area (Å²) >= 11 is 0. The molecule has 2 aromatic rings. The Labute approximate surface area is 152 Å². The predicted molar refractivity (Wildman–Crippen MR) is 90.4 cm³/mol. The van der Waals surface area contributed by atoms with Gasteiger partial charge in [-0.1, -0.05) is 25.6 Å². The van der Waals surface area contributed by atoms with Crippen LogP contribution < -0.4 is 10.5 Å². The number of hydrogen-bond donors (Lipinski definition) is 1. The molecule has 0 spiro atoms. The molecule has 1 heterocycles. The van der Waals surface area contributed by atoms with E-state index in [9.17, 15) is 26.3 Å². The molecule has 2 N–H and O–H groups in total. The Morgan fingerprint density at radius 2 is 1.67 bits per heavy atom. The standard InChI is InChI=1S/C18H15F6NO.CH4/c19-17(20,21)11-5-7-15(18(22,23)24)14(8-11)13-3-1-2-10-4-6-12(9-25)26-16(10)13;/h1-3,5,7-8,12H,4,6,9,25H2;1H4/t12-;/m1./s1. The van der Waals surface area contributed by atoms with Crippen LogP contribution in [-0.2, 0) is 18.8 Å². The Morgan fingerprint density at radius 1 is 0.963 bits per heavy atom. The maximum atomic E-state index is 13.4. The second-order valence-electron chi connectivity index (χ2n) is 6.06. The monoisotopic (exact) mass is 391 g/mol. The number of para-hydroxylation sites is 1. The van der Waals surface area contributed by atoms with Gasteiger partial charge in [0.15, 0.2) is 0 Å². The number of rotatable bonds is 2. The molecule has 0 fully saturated rings. The lowest BCUT2D eigenvalue weighted by Crippen LogP contribution is -2.30. The Kier molecular flexibility index (Phi) is 5.79. The molecule has 0 radical (unpaired) electrons. The molecule has 2 aromatic carbocycles. The van der Waals surface area contributed by atoms with Crippen LogP contribution >= 0.6 is 0 Å². The Balaban J connectivity index is 0.00000261. The highest BCUT2D eigenvalue weighted by Crippen LogP contribution is 2.45. The maximum absolute atomic E-state index is 13.4. The number of benzene rings is 2. The van der Waals surface area contributed by atoms with Crippen LogP contribution in [0.2, 0.25) is 0 Å². The van der Waals surface area contributed by atoms with Crippen molar-refractivity contribution >= 4 is 0 Å². The number of fused-ring (bicyclic) bond motifs is 1. The van der Waals surface area contributed by atoms with Crippen LogP contribution in [0.15, 0.2) is 36.4 Å². The van der Waals surface area contributed by atoms with E-state index in [-0.39, 0.29) is 31.4 Å². The molecule has 0 amide bonds. The van der Waals surface area contributed by atoms with Crippen molar-refractivity contribution < 1.29 is 31.1 Å². The lowest BCUT2D eigenvalue weighted by molar-refractivity contribution is -0.141. The van der Waals surface area contributed by atoms with E-state index in [0.29, 0.717) is 36.6 Å². The van der Waals surface area contributed by atoms with Crippen LogP contribution in [0.3, 0.4) is 0 Å². The molecule has 0 bridgehead atoms. The first kappa shape index (κ1) is 21.1. The largest absolute Gasteiger partial charge is 0.488 e. The number of hydrogen-bond acceptors (Lipinski definition) is 2. The highest BCUT2D eigenvalue weighted by molar-refractivity contribution is 5.76. The molecular weight excluding hydrogens is 372 g/mol. The summed E-state index contributed by atoms with van der Waals surface area (Å²) in [6.45, 7) is 0.169. The van der Waals surface area contributed by atoms with Crippen molar-refractivity contribution in [2.75, 3.05) is 6.54 Å². The van der Waals surface area contributed by atoms with E-state index in [1.807, 2.05) is 0 Å². The Bertz CT molecular complexity index is 813. The number of aryl methyl sites for hydroxylation is 1. The average Bonchev–Trinajstić information content (AvgIpc) is 2.58. The third-order valence-electron chi connectivity index (χ3n) is 4.32. The van der Waals surface area contributed by atoms with Gasteiger partial charge in [-0.05, 0) is 42.2 Å². The van der Waals surface area contributed by atoms with E-state index >= 15 is 0 Å². The first-order valence-electron chi connectivity index (χ1n) is 7.88. The molecule has 1 aliphatic heterocycles. The van der Waals surface area contributed by atoms with Gasteiger partial charge >= 0.3 is 12.4 Å². The Morgan fingerprint density at radius 3 is 2.26 bits per heavy atom. The van der Waals surface area contributed by atoms with Gasteiger partial charge in [-0.25, -0.2) is 0 Å². The Hall–Kier alpha value is -2.22. The van der Waals surface area contributed by atoms with Crippen molar-refractivity contribution in [3.63, 3.8) is 0 Å². The van der Waals surface area contributed by atoms with E-state index < -0.39 is 29.0 Å². The molecule has 2 nitrogen and oxygen atoms in total. The van der Waals surface area contributed by atoms with Crippen LogP contribution in [0.25, 0.3) is 11.1 Å². The summed E-state index contributed by atoms with van der Waals surface area (Å²) in [7, 11) is 0. The molecule has 27 heavy (non-hydrogen) atoms. The molecular formula is C19H19F6NO. The van der Waals surface area contributed by atoms with Crippen LogP contribution in [-0.4, -0.2) is 12.6 Å². The van der Waals surface area contributed by atoms with Gasteiger partial charge in [0.1, 0.15) is 11.9 Å². The molecule has 148 valence electrons. The van der Waals surface area contributed by atoms with Gasteiger partial charge in [-0.15, -0.1) is 0 Å². The summed E-state index contributed by atoms with van der Waals surface area (Å²) in [6, 6.07) is 5.95. The molecule has 1 atom stereocenters. The lowest BCUT2D eigenvalue weighted by atomic mass is 9.91. The van der Waals surface area contributed by atoms with E-state index in [2.05, 4.69) is 0 Å². The van der Waals surface area contributed by atoms with Gasteiger partial charge in [-0.3, -0.25) is 0 Å². The smallest absolute Gasteiger partial charge is 0.417 e. The van der Waals surface area contributed by atoms with Crippen molar-refractivity contribution in [3.8, 4) is 16.9 Å². The highest BCUT2D eigenvalue weighted by atomic mass is 19.4. The quantitative estimate of drug-likeness (QED) is 0.669. The zero-order chi connectivity index (χ0) is 19.1. The minimum atomic E-state index is -4.80. The highest BCUT2D eigenvalue weighted by Gasteiger charge is 2.38. The van der Waals surface area contributed by atoms with E-state index in [1.54, 1.807) is 6.07 Å². The topological polar surface area (TPSA) is 35.2 Å². The van der Waals surface area contributed by atoms with Crippen LogP contribution in [0.4, 0.5) is 26.3 Å². The number of halogens is 6. The van der Waals surface area contributed by atoms with Gasteiger partial charge in [0.25, 0.3) is 0 Å². The third-order valence-corrected chi connectivity index (χ3v) is 4.32. The minimum Gasteiger partial charge on any atom is -0.488 e. The van der Waals surface area contributed by atoms with E-state index in [4.69, 9.17) is 10.5 Å². The zero-order valence-electron chi connectivity index (χ0n) is 13.4. The van der Waals surface area contributed by atoms with E-state index in [1.165, 1.54) is 12.1 Å². The normalized spacial score (nSPS) is 16.9. The van der Waals surface area contributed by atoms with Crippen molar-refractivity contribution in [2.24, 2.45) is 5.73 Å². The second kappa shape index (κ2) is 7.42. The van der Waals surface area contributed by atoms with Crippen molar-refractivity contribution in [2.45, 2.75) is 38.7 Å². The number of alkyl halides is 6. The average molecular weight is 391 g/mol. The van der Waals surface area contributed by atoms with Crippen LogP contribution in [0, 0.1) is 0 Å². The molecule has 8 heteroatoms. The fraction of sp³-hybridized carbons (Fsp3) is 0.368. The van der Waals surface area contributed by atoms with Gasteiger partial charge < -0.3 is 10.5 Å². The fourth-order valence-corrected chi connectivity index (χ4v) is 3.03.